The van der Waals surface area contributed by atoms with Crippen LogP contribution in [0.2, 0.25) is 0 Å². The molecular formula is C12H25NO2S. The van der Waals surface area contributed by atoms with Crippen molar-refractivity contribution < 1.29 is 9.90 Å². The van der Waals surface area contributed by atoms with E-state index in [0.29, 0.717) is 12.8 Å². The molecule has 0 saturated carbocycles. The van der Waals surface area contributed by atoms with Gasteiger partial charge in [0.25, 0.3) is 0 Å². The van der Waals surface area contributed by atoms with Gasteiger partial charge in [-0.25, -0.2) is 0 Å². The van der Waals surface area contributed by atoms with Crippen LogP contribution in [-0.2, 0) is 4.79 Å². The van der Waals surface area contributed by atoms with E-state index in [1.165, 1.54) is 6.42 Å². The summed E-state index contributed by atoms with van der Waals surface area (Å²) in [7, 11) is 0. The lowest BCUT2D eigenvalue weighted by Gasteiger charge is -2.22. The number of hydrogen-bond donors (Lipinski definition) is 2. The highest BCUT2D eigenvalue weighted by molar-refractivity contribution is 7.99. The summed E-state index contributed by atoms with van der Waals surface area (Å²) in [5.41, 5.74) is 4.78. The van der Waals surface area contributed by atoms with E-state index >= 15 is 0 Å². The highest BCUT2D eigenvalue weighted by Crippen LogP contribution is 2.18. The molecule has 0 amide bonds. The SMILES string of the molecule is CCC(C)CSCCCC(N)(CC)C(=O)O. The Labute approximate surface area is 103 Å². The summed E-state index contributed by atoms with van der Waals surface area (Å²) in [6.45, 7) is 6.27. The fourth-order valence-corrected chi connectivity index (χ4v) is 2.48. The summed E-state index contributed by atoms with van der Waals surface area (Å²) in [6.07, 6.45) is 3.17. The summed E-state index contributed by atoms with van der Waals surface area (Å²) in [4.78, 5) is 10.9. The molecule has 96 valence electrons. The average molecular weight is 247 g/mol. The maximum Gasteiger partial charge on any atom is 0.323 e. The van der Waals surface area contributed by atoms with Crippen molar-refractivity contribution in [2.24, 2.45) is 11.7 Å². The van der Waals surface area contributed by atoms with E-state index in [4.69, 9.17) is 10.8 Å². The zero-order chi connectivity index (χ0) is 12.6. The number of thioether (sulfide) groups is 1. The summed E-state index contributed by atoms with van der Waals surface area (Å²) in [6, 6.07) is 0. The van der Waals surface area contributed by atoms with Crippen LogP contribution in [0.4, 0.5) is 0 Å². The van der Waals surface area contributed by atoms with Gasteiger partial charge in [-0.05, 0) is 36.7 Å². The second kappa shape index (κ2) is 7.96. The van der Waals surface area contributed by atoms with Gasteiger partial charge in [-0.2, -0.15) is 11.8 Å². The third-order valence-electron chi connectivity index (χ3n) is 3.07. The minimum absolute atomic E-state index is 0.498. The van der Waals surface area contributed by atoms with E-state index in [9.17, 15) is 4.79 Å². The highest BCUT2D eigenvalue weighted by Gasteiger charge is 2.30. The second-order valence-corrected chi connectivity index (χ2v) is 5.66. The monoisotopic (exact) mass is 247 g/mol. The van der Waals surface area contributed by atoms with Crippen LogP contribution in [0.3, 0.4) is 0 Å². The minimum atomic E-state index is -1.02. The van der Waals surface area contributed by atoms with Gasteiger partial charge >= 0.3 is 5.97 Å². The van der Waals surface area contributed by atoms with Crippen LogP contribution in [0, 0.1) is 5.92 Å². The highest BCUT2D eigenvalue weighted by atomic mass is 32.2. The Morgan fingerprint density at radius 2 is 2.12 bits per heavy atom. The Kier molecular flexibility index (Phi) is 7.85. The van der Waals surface area contributed by atoms with Gasteiger partial charge in [-0.3, -0.25) is 4.79 Å². The zero-order valence-electron chi connectivity index (χ0n) is 10.7. The predicted octanol–water partition coefficient (Wildman–Crippen LogP) is 2.74. The summed E-state index contributed by atoms with van der Waals surface area (Å²) < 4.78 is 0. The summed E-state index contributed by atoms with van der Waals surface area (Å²) >= 11 is 1.90. The first-order chi connectivity index (χ1) is 7.46. The van der Waals surface area contributed by atoms with Gasteiger partial charge < -0.3 is 10.8 Å². The molecule has 0 aromatic carbocycles. The van der Waals surface area contributed by atoms with Crippen LogP contribution >= 0.6 is 11.8 Å². The first-order valence-electron chi connectivity index (χ1n) is 6.06. The van der Waals surface area contributed by atoms with Crippen LogP contribution in [0.25, 0.3) is 0 Å². The third kappa shape index (κ3) is 5.75. The number of carbonyl (C=O) groups is 1. The van der Waals surface area contributed by atoms with Crippen LogP contribution in [0.1, 0.15) is 46.5 Å². The maximum absolute atomic E-state index is 10.9. The molecule has 4 heteroatoms. The third-order valence-corrected chi connectivity index (χ3v) is 4.45. The fraction of sp³-hybridized carbons (Fsp3) is 0.917. The minimum Gasteiger partial charge on any atom is -0.480 e. The van der Waals surface area contributed by atoms with E-state index in [1.54, 1.807) is 0 Å². The molecule has 0 heterocycles. The van der Waals surface area contributed by atoms with Crippen molar-refractivity contribution in [2.75, 3.05) is 11.5 Å². The van der Waals surface area contributed by atoms with Crippen molar-refractivity contribution in [3.63, 3.8) is 0 Å². The molecule has 2 atom stereocenters. The fourth-order valence-electron chi connectivity index (χ4n) is 1.33. The molecule has 0 aliphatic rings. The zero-order valence-corrected chi connectivity index (χ0v) is 11.5. The first kappa shape index (κ1) is 15.8. The number of nitrogens with two attached hydrogens (primary N) is 1. The summed E-state index contributed by atoms with van der Waals surface area (Å²) in [5.74, 6) is 2.05. The van der Waals surface area contributed by atoms with Crippen molar-refractivity contribution in [2.45, 2.75) is 52.0 Å². The van der Waals surface area contributed by atoms with Crippen LogP contribution < -0.4 is 5.73 Å². The first-order valence-corrected chi connectivity index (χ1v) is 7.21. The number of carboxylic acids is 1. The largest absolute Gasteiger partial charge is 0.480 e. The van der Waals surface area contributed by atoms with Gasteiger partial charge in [-0.15, -0.1) is 0 Å². The molecule has 3 nitrogen and oxygen atoms in total. The Balaban J connectivity index is 3.68. The van der Waals surface area contributed by atoms with Gasteiger partial charge in [0.05, 0.1) is 0 Å². The lowest BCUT2D eigenvalue weighted by molar-refractivity contribution is -0.143. The van der Waals surface area contributed by atoms with Crippen molar-refractivity contribution in [3.8, 4) is 0 Å². The molecule has 0 aliphatic heterocycles. The predicted molar refractivity (Wildman–Crippen MR) is 70.9 cm³/mol. The van der Waals surface area contributed by atoms with Gasteiger partial charge in [0.1, 0.15) is 5.54 Å². The quantitative estimate of drug-likeness (QED) is 0.615. The Morgan fingerprint density at radius 3 is 2.56 bits per heavy atom. The molecule has 0 rings (SSSR count). The smallest absolute Gasteiger partial charge is 0.323 e. The Hall–Kier alpha value is -0.220. The second-order valence-electron chi connectivity index (χ2n) is 4.51. The van der Waals surface area contributed by atoms with E-state index < -0.39 is 11.5 Å². The number of hydrogen-bond acceptors (Lipinski definition) is 3. The molecule has 0 spiro atoms. The van der Waals surface area contributed by atoms with Crippen LogP contribution in [-0.4, -0.2) is 28.1 Å². The lowest BCUT2D eigenvalue weighted by atomic mass is 9.92. The van der Waals surface area contributed by atoms with E-state index in [0.717, 1.165) is 23.8 Å². The molecule has 0 saturated heterocycles. The normalized spacial score (nSPS) is 16.8. The van der Waals surface area contributed by atoms with Gasteiger partial charge in [0, 0.05) is 0 Å². The van der Waals surface area contributed by atoms with Gasteiger partial charge in [0.15, 0.2) is 0 Å². The molecule has 0 aliphatic carbocycles. The molecular weight excluding hydrogens is 222 g/mol. The number of carboxylic acid groups (broad SMARTS) is 1. The molecule has 0 aromatic heterocycles. The lowest BCUT2D eigenvalue weighted by Crippen LogP contribution is -2.47. The number of rotatable bonds is 9. The molecule has 0 fully saturated rings. The molecule has 0 bridgehead atoms. The standard InChI is InChI=1S/C12H25NO2S/c1-4-10(3)9-16-8-6-7-12(13,5-2)11(14)15/h10H,4-9,13H2,1-3H3,(H,14,15). The molecule has 2 unspecified atom stereocenters. The van der Waals surface area contributed by atoms with Crippen molar-refractivity contribution >= 4 is 17.7 Å². The van der Waals surface area contributed by atoms with E-state index in [2.05, 4.69) is 13.8 Å². The van der Waals surface area contributed by atoms with Crippen LogP contribution in [0.15, 0.2) is 0 Å². The summed E-state index contributed by atoms with van der Waals surface area (Å²) in [5, 5.41) is 8.98. The van der Waals surface area contributed by atoms with Gasteiger partial charge in [-0.1, -0.05) is 27.2 Å². The molecule has 0 radical (unpaired) electrons. The van der Waals surface area contributed by atoms with Crippen LogP contribution in [0.5, 0.6) is 0 Å². The van der Waals surface area contributed by atoms with Crippen molar-refractivity contribution in [1.29, 1.82) is 0 Å². The van der Waals surface area contributed by atoms with E-state index in [1.807, 2.05) is 18.7 Å². The number of aliphatic carboxylic acids is 1. The molecule has 3 N–H and O–H groups in total. The average Bonchev–Trinajstić information content (AvgIpc) is 2.27. The topological polar surface area (TPSA) is 63.3 Å². The Morgan fingerprint density at radius 1 is 1.50 bits per heavy atom. The molecule has 16 heavy (non-hydrogen) atoms. The van der Waals surface area contributed by atoms with Crippen molar-refractivity contribution in [3.05, 3.63) is 0 Å². The van der Waals surface area contributed by atoms with Gasteiger partial charge in [0.2, 0.25) is 0 Å². The molecule has 0 aromatic rings. The van der Waals surface area contributed by atoms with E-state index in [-0.39, 0.29) is 0 Å². The van der Waals surface area contributed by atoms with Crippen molar-refractivity contribution in [1.82, 2.24) is 0 Å². The Bertz CT molecular complexity index is 211. The maximum atomic E-state index is 10.9.